The number of nitro groups is 1. The Balaban J connectivity index is 2.62. The molecule has 0 radical (unpaired) electrons. The smallest absolute Gasteiger partial charge is 0.326 e. The minimum absolute atomic E-state index is 0.101. The van der Waals surface area contributed by atoms with Crippen molar-refractivity contribution in [3.05, 3.63) is 51.3 Å². The Labute approximate surface area is 83.5 Å². The Hall–Kier alpha value is -1.36. The number of para-hydroxylation sites is 1. The van der Waals surface area contributed by atoms with E-state index < -0.39 is 4.92 Å². The van der Waals surface area contributed by atoms with Gasteiger partial charge < -0.3 is 5.32 Å². The van der Waals surface area contributed by atoms with Crippen LogP contribution in [0.25, 0.3) is 0 Å². The lowest BCUT2D eigenvalue weighted by molar-refractivity contribution is -0.409. The number of nitrogens with zero attached hydrogens (tertiary/aromatic N) is 1. The van der Waals surface area contributed by atoms with Crippen LogP contribution in [-0.4, -0.2) is 4.92 Å². The molecule has 0 heterocycles. The highest BCUT2D eigenvalue weighted by Gasteiger charge is 2.02. The van der Waals surface area contributed by atoms with E-state index in [-0.39, 0.29) is 4.61 Å². The van der Waals surface area contributed by atoms with Gasteiger partial charge in [0.2, 0.25) is 0 Å². The number of hydrogen-bond acceptors (Lipinski definition) is 3. The van der Waals surface area contributed by atoms with Crippen LogP contribution in [0.1, 0.15) is 0 Å². The van der Waals surface area contributed by atoms with E-state index in [4.69, 9.17) is 0 Å². The van der Waals surface area contributed by atoms with Crippen molar-refractivity contribution >= 4 is 21.6 Å². The highest BCUT2D eigenvalue weighted by Crippen LogP contribution is 2.09. The zero-order valence-corrected chi connectivity index (χ0v) is 8.19. The van der Waals surface area contributed by atoms with Gasteiger partial charge in [-0.05, 0) is 12.1 Å². The molecule has 0 unspecified atom stereocenters. The Morgan fingerprint density at radius 2 is 2.08 bits per heavy atom. The van der Waals surface area contributed by atoms with Crippen molar-refractivity contribution < 1.29 is 4.92 Å². The average Bonchev–Trinajstić information content (AvgIpc) is 2.15. The Morgan fingerprint density at radius 1 is 1.46 bits per heavy atom. The lowest BCUT2D eigenvalue weighted by atomic mass is 10.3. The molecule has 0 bridgehead atoms. The van der Waals surface area contributed by atoms with Crippen molar-refractivity contribution in [1.29, 1.82) is 0 Å². The molecule has 1 rings (SSSR count). The predicted molar refractivity (Wildman–Crippen MR) is 54.1 cm³/mol. The summed E-state index contributed by atoms with van der Waals surface area (Å²) in [7, 11) is 0. The molecule has 13 heavy (non-hydrogen) atoms. The molecule has 0 aliphatic carbocycles. The van der Waals surface area contributed by atoms with Gasteiger partial charge in [-0.3, -0.25) is 10.1 Å². The molecule has 1 N–H and O–H groups in total. The normalized spacial score (nSPS) is 11.0. The summed E-state index contributed by atoms with van der Waals surface area (Å²) < 4.78 is -0.101. The second-order valence-electron chi connectivity index (χ2n) is 2.23. The Morgan fingerprint density at radius 3 is 2.62 bits per heavy atom. The van der Waals surface area contributed by atoms with E-state index in [0.717, 1.165) is 5.69 Å². The van der Waals surface area contributed by atoms with Crippen LogP contribution < -0.4 is 5.32 Å². The quantitative estimate of drug-likeness (QED) is 0.504. The summed E-state index contributed by atoms with van der Waals surface area (Å²) in [5.41, 5.74) is 0.807. The number of rotatable bonds is 3. The molecule has 0 aliphatic heterocycles. The lowest BCUT2D eigenvalue weighted by Crippen LogP contribution is -1.95. The highest BCUT2D eigenvalue weighted by atomic mass is 79.9. The van der Waals surface area contributed by atoms with E-state index in [1.54, 1.807) is 0 Å². The van der Waals surface area contributed by atoms with Crippen LogP contribution in [0.15, 0.2) is 41.1 Å². The molecule has 0 aliphatic rings. The van der Waals surface area contributed by atoms with Crippen molar-refractivity contribution in [2.75, 3.05) is 5.32 Å². The standard InChI is InChI=1S/C8H7BrN2O2/c9-8(11(12)13)6-10-7-4-2-1-3-5-7/h1-6,10H/b8-6+. The fraction of sp³-hybridized carbons (Fsp3) is 0. The summed E-state index contributed by atoms with van der Waals surface area (Å²) in [6, 6.07) is 9.19. The third kappa shape index (κ3) is 3.25. The summed E-state index contributed by atoms with van der Waals surface area (Å²) in [6.45, 7) is 0. The first-order valence-electron chi connectivity index (χ1n) is 3.52. The monoisotopic (exact) mass is 242 g/mol. The third-order valence-corrected chi connectivity index (χ3v) is 1.82. The van der Waals surface area contributed by atoms with Crippen molar-refractivity contribution in [2.24, 2.45) is 0 Å². The molecule has 4 nitrogen and oxygen atoms in total. The maximum atomic E-state index is 10.2. The molecular formula is C8H7BrN2O2. The van der Waals surface area contributed by atoms with Gasteiger partial charge in [-0.25, -0.2) is 0 Å². The van der Waals surface area contributed by atoms with E-state index in [0.29, 0.717) is 0 Å². The maximum Gasteiger partial charge on any atom is 0.326 e. The average molecular weight is 243 g/mol. The molecule has 5 heteroatoms. The Bertz CT molecular complexity index is 324. The molecule has 0 aromatic heterocycles. The minimum atomic E-state index is -0.518. The first-order chi connectivity index (χ1) is 6.20. The predicted octanol–water partition coefficient (Wildman–Crippen LogP) is 2.57. The third-order valence-electron chi connectivity index (χ3n) is 1.31. The number of benzene rings is 1. The maximum absolute atomic E-state index is 10.2. The molecule has 1 aromatic rings. The van der Waals surface area contributed by atoms with Crippen molar-refractivity contribution in [1.82, 2.24) is 0 Å². The number of anilines is 1. The van der Waals surface area contributed by atoms with Crippen LogP contribution >= 0.6 is 15.9 Å². The van der Waals surface area contributed by atoms with Gasteiger partial charge in [-0.1, -0.05) is 18.2 Å². The molecule has 0 atom stereocenters. The first-order valence-corrected chi connectivity index (χ1v) is 4.31. The fourth-order valence-corrected chi connectivity index (χ4v) is 0.844. The van der Waals surface area contributed by atoms with Crippen LogP contribution in [-0.2, 0) is 0 Å². The summed E-state index contributed by atoms with van der Waals surface area (Å²) in [5, 5.41) is 12.9. The molecule has 1 aromatic carbocycles. The van der Waals surface area contributed by atoms with Gasteiger partial charge in [-0.15, -0.1) is 0 Å². The molecule has 68 valence electrons. The van der Waals surface area contributed by atoms with Gasteiger partial charge in [0.1, 0.15) is 0 Å². The largest absolute Gasteiger partial charge is 0.355 e. The SMILES string of the molecule is O=[N+]([O-])/C(Br)=C/Nc1ccccc1. The first kappa shape index (κ1) is 9.73. The van der Waals surface area contributed by atoms with Crippen molar-refractivity contribution in [3.8, 4) is 0 Å². The number of nitrogens with one attached hydrogen (secondary N) is 1. The van der Waals surface area contributed by atoms with Crippen molar-refractivity contribution in [2.45, 2.75) is 0 Å². The molecular weight excluding hydrogens is 236 g/mol. The second-order valence-corrected chi connectivity index (χ2v) is 3.05. The summed E-state index contributed by atoms with van der Waals surface area (Å²) in [5.74, 6) is 0. The molecule has 0 amide bonds. The van der Waals surface area contributed by atoms with E-state index in [1.807, 2.05) is 30.3 Å². The van der Waals surface area contributed by atoms with Crippen LogP contribution in [0.4, 0.5) is 5.69 Å². The van der Waals surface area contributed by atoms with Gasteiger partial charge in [0, 0.05) is 21.6 Å². The zero-order valence-electron chi connectivity index (χ0n) is 6.61. The zero-order chi connectivity index (χ0) is 9.68. The van der Waals surface area contributed by atoms with E-state index in [9.17, 15) is 10.1 Å². The van der Waals surface area contributed by atoms with Gasteiger partial charge in [-0.2, -0.15) is 0 Å². The molecule has 0 fully saturated rings. The van der Waals surface area contributed by atoms with Crippen LogP contribution in [0.3, 0.4) is 0 Å². The summed E-state index contributed by atoms with van der Waals surface area (Å²) in [6.07, 6.45) is 1.29. The van der Waals surface area contributed by atoms with Gasteiger partial charge in [0.05, 0.1) is 11.1 Å². The summed E-state index contributed by atoms with van der Waals surface area (Å²) in [4.78, 5) is 9.65. The molecule has 0 saturated carbocycles. The van der Waals surface area contributed by atoms with Crippen LogP contribution in [0.5, 0.6) is 0 Å². The lowest BCUT2D eigenvalue weighted by Gasteiger charge is -1.97. The molecule has 0 spiro atoms. The van der Waals surface area contributed by atoms with E-state index >= 15 is 0 Å². The minimum Gasteiger partial charge on any atom is -0.355 e. The Kier molecular flexibility index (Phi) is 3.45. The fourth-order valence-electron chi connectivity index (χ4n) is 0.730. The topological polar surface area (TPSA) is 55.2 Å². The van der Waals surface area contributed by atoms with Gasteiger partial charge in [0.15, 0.2) is 0 Å². The van der Waals surface area contributed by atoms with E-state index in [1.165, 1.54) is 6.20 Å². The summed E-state index contributed by atoms with van der Waals surface area (Å²) >= 11 is 2.80. The highest BCUT2D eigenvalue weighted by molar-refractivity contribution is 9.11. The number of halogens is 1. The van der Waals surface area contributed by atoms with Crippen molar-refractivity contribution in [3.63, 3.8) is 0 Å². The number of hydrogen-bond donors (Lipinski definition) is 1. The van der Waals surface area contributed by atoms with Crippen LogP contribution in [0, 0.1) is 10.1 Å². The van der Waals surface area contributed by atoms with Crippen LogP contribution in [0.2, 0.25) is 0 Å². The second kappa shape index (κ2) is 4.61. The molecule has 0 saturated heterocycles. The van der Waals surface area contributed by atoms with E-state index in [2.05, 4.69) is 21.2 Å². The van der Waals surface area contributed by atoms with Gasteiger partial charge >= 0.3 is 4.61 Å². The van der Waals surface area contributed by atoms with Gasteiger partial charge in [0.25, 0.3) is 0 Å².